The number of aliphatic hydroxyl groups is 1. The van der Waals surface area contributed by atoms with Crippen LogP contribution in [0.4, 0.5) is 0 Å². The lowest BCUT2D eigenvalue weighted by atomic mass is 10.1. The van der Waals surface area contributed by atoms with Crippen LogP contribution in [0.2, 0.25) is 0 Å². The number of hydrogen-bond acceptors (Lipinski definition) is 9. The minimum absolute atomic E-state index is 0.0302. The van der Waals surface area contributed by atoms with Crippen molar-refractivity contribution in [3.05, 3.63) is 10.1 Å². The molecule has 0 radical (unpaired) electrons. The van der Waals surface area contributed by atoms with Crippen LogP contribution in [0.5, 0.6) is 0 Å². The smallest absolute Gasteiger partial charge is 0.294 e. The van der Waals surface area contributed by atoms with E-state index in [1.165, 1.54) is 0 Å². The Morgan fingerprint density at radius 1 is 1.50 bits per heavy atom. The van der Waals surface area contributed by atoms with E-state index in [4.69, 9.17) is 20.3 Å². The topological polar surface area (TPSA) is 158 Å². The van der Waals surface area contributed by atoms with Crippen molar-refractivity contribution in [2.75, 3.05) is 19.8 Å². The number of aliphatic hydroxyl groups excluding tert-OH is 1. The Kier molecular flexibility index (Phi) is 4.67. The van der Waals surface area contributed by atoms with E-state index in [0.717, 1.165) is 0 Å². The third-order valence-electron chi connectivity index (χ3n) is 3.05. The molecule has 2 saturated heterocycles. The predicted octanol–water partition coefficient (Wildman–Crippen LogP) is -3.33. The normalized spacial score (nSPS) is 33.5. The number of nitrogens with one attached hydrogen (secondary N) is 2. The summed E-state index contributed by atoms with van der Waals surface area (Å²) in [6, 6.07) is -0.426. The van der Waals surface area contributed by atoms with E-state index < -0.39 is 41.7 Å². The second-order valence-corrected chi connectivity index (χ2v) is 4.46. The van der Waals surface area contributed by atoms with Crippen LogP contribution in [0.15, 0.2) is 0 Å². The van der Waals surface area contributed by atoms with Gasteiger partial charge in [-0.05, 0) is 0 Å². The highest BCUT2D eigenvalue weighted by Crippen LogP contribution is 2.28. The average molecular weight is 292 g/mol. The second-order valence-electron chi connectivity index (χ2n) is 4.46. The highest BCUT2D eigenvalue weighted by Gasteiger charge is 2.49. The molecule has 2 aliphatic heterocycles. The zero-order valence-corrected chi connectivity index (χ0v) is 10.4. The third kappa shape index (κ3) is 3.52. The fraction of sp³-hybridized carbons (Fsp3) is 0.889. The summed E-state index contributed by atoms with van der Waals surface area (Å²) in [5.41, 5.74) is 5.03. The standard InChI is InChI=1S/C9H16N4O7/c10-9(15)11-1-6(14)12-4-2-18-8-5(20-13(16)17)3-19-7(4)8/h4-5,7-9,11,15H,1-3,10H2,(H,12,14)/t4-,5?,7+,8+,9?/m0/s1. The molecule has 11 heteroatoms. The monoisotopic (exact) mass is 292 g/mol. The first kappa shape index (κ1) is 14.9. The van der Waals surface area contributed by atoms with Crippen LogP contribution in [0, 0.1) is 10.1 Å². The maximum absolute atomic E-state index is 11.6. The van der Waals surface area contributed by atoms with Gasteiger partial charge in [0.05, 0.1) is 25.8 Å². The van der Waals surface area contributed by atoms with Crippen molar-refractivity contribution in [2.24, 2.45) is 5.73 Å². The van der Waals surface area contributed by atoms with Crippen LogP contribution in [0.3, 0.4) is 0 Å². The number of ether oxygens (including phenoxy) is 2. The minimum atomic E-state index is -1.28. The molecular formula is C9H16N4O7. The van der Waals surface area contributed by atoms with Gasteiger partial charge in [-0.1, -0.05) is 0 Å². The number of carbonyl (C=O) groups excluding carboxylic acids is 1. The van der Waals surface area contributed by atoms with Crippen molar-refractivity contribution in [3.63, 3.8) is 0 Å². The lowest BCUT2D eigenvalue weighted by Gasteiger charge is -2.18. The molecule has 11 nitrogen and oxygen atoms in total. The summed E-state index contributed by atoms with van der Waals surface area (Å²) in [6.07, 6.45) is -3.15. The molecule has 0 aromatic carbocycles. The van der Waals surface area contributed by atoms with Crippen LogP contribution in [0.25, 0.3) is 0 Å². The van der Waals surface area contributed by atoms with Crippen LogP contribution in [0.1, 0.15) is 0 Å². The molecule has 2 unspecified atom stereocenters. The quantitative estimate of drug-likeness (QED) is 0.223. The Hall–Kier alpha value is -1.53. The fourth-order valence-electron chi connectivity index (χ4n) is 2.24. The van der Waals surface area contributed by atoms with Crippen molar-refractivity contribution in [3.8, 4) is 0 Å². The van der Waals surface area contributed by atoms with Crippen molar-refractivity contribution < 1.29 is 29.3 Å². The number of nitrogens with two attached hydrogens (primary N) is 1. The maximum Gasteiger partial charge on any atom is 0.294 e. The van der Waals surface area contributed by atoms with Gasteiger partial charge in [0.1, 0.15) is 12.2 Å². The molecule has 0 aliphatic carbocycles. The van der Waals surface area contributed by atoms with Crippen LogP contribution < -0.4 is 16.4 Å². The van der Waals surface area contributed by atoms with E-state index in [1.807, 2.05) is 0 Å². The molecule has 0 saturated carbocycles. The Labute approximate surface area is 113 Å². The van der Waals surface area contributed by atoms with E-state index in [1.54, 1.807) is 0 Å². The largest absolute Gasteiger partial charge is 0.371 e. The molecule has 20 heavy (non-hydrogen) atoms. The minimum Gasteiger partial charge on any atom is -0.371 e. The summed E-state index contributed by atoms with van der Waals surface area (Å²) < 4.78 is 10.7. The first-order valence-electron chi connectivity index (χ1n) is 5.98. The van der Waals surface area contributed by atoms with E-state index >= 15 is 0 Å². The van der Waals surface area contributed by atoms with Crippen molar-refractivity contribution in [1.29, 1.82) is 0 Å². The van der Waals surface area contributed by atoms with Gasteiger partial charge in [0.25, 0.3) is 5.09 Å². The summed E-state index contributed by atoms with van der Waals surface area (Å²) in [7, 11) is 0. The SMILES string of the molecule is NC(O)NCC(=O)N[C@H]1CO[C@@H]2C(O[N+](=O)[O-])CO[C@H]12. The molecule has 0 spiro atoms. The predicted molar refractivity (Wildman–Crippen MR) is 61.5 cm³/mol. The molecule has 2 aliphatic rings. The second kappa shape index (κ2) is 6.28. The zero-order chi connectivity index (χ0) is 14.7. The maximum atomic E-state index is 11.6. The molecule has 0 bridgehead atoms. The first-order chi connectivity index (χ1) is 9.47. The van der Waals surface area contributed by atoms with Gasteiger partial charge in [-0.2, -0.15) is 0 Å². The average Bonchev–Trinajstić information content (AvgIpc) is 2.91. The molecule has 0 aromatic rings. The molecule has 1 amide bonds. The van der Waals surface area contributed by atoms with Crippen LogP contribution in [-0.2, 0) is 19.1 Å². The van der Waals surface area contributed by atoms with Gasteiger partial charge >= 0.3 is 0 Å². The molecule has 5 atom stereocenters. The summed E-state index contributed by atoms with van der Waals surface area (Å²) in [6.45, 7) is 0.0344. The number of hydrogen-bond donors (Lipinski definition) is 4. The van der Waals surface area contributed by atoms with Gasteiger partial charge in [0, 0.05) is 0 Å². The van der Waals surface area contributed by atoms with Gasteiger partial charge in [0.15, 0.2) is 12.5 Å². The van der Waals surface area contributed by atoms with E-state index in [2.05, 4.69) is 15.5 Å². The van der Waals surface area contributed by atoms with Crippen molar-refractivity contribution >= 4 is 5.91 Å². The Morgan fingerprint density at radius 2 is 2.20 bits per heavy atom. The Morgan fingerprint density at radius 3 is 2.85 bits per heavy atom. The summed E-state index contributed by atoms with van der Waals surface area (Å²) in [5, 5.41) is 23.2. The highest BCUT2D eigenvalue weighted by atomic mass is 17.0. The van der Waals surface area contributed by atoms with Gasteiger partial charge in [-0.15, -0.1) is 10.1 Å². The molecule has 0 aromatic heterocycles. The fourth-order valence-corrected chi connectivity index (χ4v) is 2.24. The first-order valence-corrected chi connectivity index (χ1v) is 5.98. The summed E-state index contributed by atoms with van der Waals surface area (Å²) in [4.78, 5) is 26.3. The molecule has 2 heterocycles. The molecule has 114 valence electrons. The lowest BCUT2D eigenvalue weighted by Crippen LogP contribution is -2.49. The lowest BCUT2D eigenvalue weighted by molar-refractivity contribution is -0.769. The summed E-state index contributed by atoms with van der Waals surface area (Å²) in [5.74, 6) is -0.397. The van der Waals surface area contributed by atoms with E-state index in [9.17, 15) is 14.9 Å². The molecular weight excluding hydrogens is 276 g/mol. The summed E-state index contributed by atoms with van der Waals surface area (Å²) >= 11 is 0. The highest BCUT2D eigenvalue weighted by molar-refractivity contribution is 5.78. The Bertz CT molecular complexity index is 379. The van der Waals surface area contributed by atoms with Gasteiger partial charge in [-0.3, -0.25) is 15.8 Å². The molecule has 5 N–H and O–H groups in total. The third-order valence-corrected chi connectivity index (χ3v) is 3.05. The van der Waals surface area contributed by atoms with Gasteiger partial charge in [0.2, 0.25) is 5.91 Å². The van der Waals surface area contributed by atoms with E-state index in [-0.39, 0.29) is 19.8 Å². The number of fused-ring (bicyclic) bond motifs is 1. The number of rotatable bonds is 6. The van der Waals surface area contributed by atoms with Crippen LogP contribution >= 0.6 is 0 Å². The van der Waals surface area contributed by atoms with E-state index in [0.29, 0.717) is 0 Å². The molecule has 2 rings (SSSR count). The van der Waals surface area contributed by atoms with Crippen molar-refractivity contribution in [2.45, 2.75) is 30.7 Å². The van der Waals surface area contributed by atoms with Crippen molar-refractivity contribution in [1.82, 2.24) is 10.6 Å². The van der Waals surface area contributed by atoms with Gasteiger partial charge in [-0.25, -0.2) is 0 Å². The zero-order valence-electron chi connectivity index (χ0n) is 10.4. The van der Waals surface area contributed by atoms with Gasteiger partial charge < -0.3 is 24.7 Å². The Balaban J connectivity index is 1.81. The molecule has 2 fully saturated rings. The number of carbonyl (C=O) groups is 1. The van der Waals surface area contributed by atoms with Crippen LogP contribution in [-0.4, -0.2) is 66.6 Å². The number of amides is 1. The number of nitrogens with zero attached hydrogens (tertiary/aromatic N) is 1.